The molecule has 1 saturated carbocycles. The average molecular weight is 277 g/mol. The Hall–Kier alpha value is -1.65. The maximum Gasteiger partial charge on any atom is 0.270 e. The fraction of sp³-hybridized carbons (Fsp3) is 0.286. The first-order valence-corrected chi connectivity index (χ1v) is 6.55. The fourth-order valence-corrected chi connectivity index (χ4v) is 2.50. The van der Waals surface area contributed by atoms with Crippen LogP contribution in [-0.4, -0.2) is 28.1 Å². The van der Waals surface area contributed by atoms with Gasteiger partial charge in [0.25, 0.3) is 5.91 Å². The lowest BCUT2D eigenvalue weighted by Crippen LogP contribution is -2.46. The van der Waals surface area contributed by atoms with Crippen molar-refractivity contribution in [1.29, 1.82) is 0 Å². The van der Waals surface area contributed by atoms with Gasteiger partial charge in [-0.2, -0.15) is 0 Å². The molecule has 0 spiro atoms. The van der Waals surface area contributed by atoms with Gasteiger partial charge in [0.15, 0.2) is 0 Å². The number of fused-ring (bicyclic) bond motifs is 1. The van der Waals surface area contributed by atoms with Gasteiger partial charge < -0.3 is 10.4 Å². The maximum absolute atomic E-state index is 12.0. The number of nitrogens with one attached hydrogen (secondary N) is 1. The predicted octanol–water partition coefficient (Wildman–Crippen LogP) is 2.14. The van der Waals surface area contributed by atoms with E-state index in [1.807, 2.05) is 24.3 Å². The molecule has 1 amide bonds. The Morgan fingerprint density at radius 2 is 2.11 bits per heavy atom. The summed E-state index contributed by atoms with van der Waals surface area (Å²) in [5, 5.41) is 14.1. The minimum atomic E-state index is -0.293. The zero-order valence-electron chi connectivity index (χ0n) is 10.1. The van der Waals surface area contributed by atoms with Gasteiger partial charge in [0.2, 0.25) is 0 Å². The lowest BCUT2D eigenvalue weighted by molar-refractivity contribution is 0.0560. The fourth-order valence-electron chi connectivity index (χ4n) is 2.24. The number of aliphatic hydroxyl groups excluding tert-OH is 1. The van der Waals surface area contributed by atoms with Gasteiger partial charge in [-0.25, -0.2) is 4.98 Å². The summed E-state index contributed by atoms with van der Waals surface area (Å²) in [4.78, 5) is 16.2. The SMILES string of the molecule is O=C(NC1CC(O)C1)c1cc2ccccc2c(Cl)n1. The summed E-state index contributed by atoms with van der Waals surface area (Å²) in [6, 6.07) is 9.30. The number of pyridine rings is 1. The molecule has 5 heteroatoms. The number of aliphatic hydroxyl groups is 1. The number of aromatic nitrogens is 1. The van der Waals surface area contributed by atoms with E-state index in [-0.39, 0.29) is 18.1 Å². The second-order valence-electron chi connectivity index (χ2n) is 4.82. The van der Waals surface area contributed by atoms with Crippen molar-refractivity contribution < 1.29 is 9.90 Å². The van der Waals surface area contributed by atoms with Crippen LogP contribution in [0.5, 0.6) is 0 Å². The molecular formula is C14H13ClN2O2. The van der Waals surface area contributed by atoms with E-state index < -0.39 is 0 Å². The van der Waals surface area contributed by atoms with Crippen molar-refractivity contribution in [2.24, 2.45) is 0 Å². The van der Waals surface area contributed by atoms with Crippen molar-refractivity contribution in [2.75, 3.05) is 0 Å². The summed E-state index contributed by atoms with van der Waals surface area (Å²) in [7, 11) is 0. The second-order valence-corrected chi connectivity index (χ2v) is 5.17. The first-order chi connectivity index (χ1) is 9.13. The van der Waals surface area contributed by atoms with Crippen LogP contribution in [0.15, 0.2) is 30.3 Å². The van der Waals surface area contributed by atoms with Gasteiger partial charge in [-0.05, 0) is 24.3 Å². The standard InChI is InChI=1S/C14H13ClN2O2/c15-13-11-4-2-1-3-8(11)5-12(17-13)14(19)16-9-6-10(18)7-9/h1-5,9-10,18H,6-7H2,(H,16,19). The van der Waals surface area contributed by atoms with Crippen LogP contribution in [0.25, 0.3) is 10.8 Å². The van der Waals surface area contributed by atoms with E-state index in [0.29, 0.717) is 23.7 Å². The highest BCUT2D eigenvalue weighted by Gasteiger charge is 2.29. The summed E-state index contributed by atoms with van der Waals surface area (Å²) in [5.74, 6) is -0.246. The van der Waals surface area contributed by atoms with Crippen LogP contribution >= 0.6 is 11.6 Å². The monoisotopic (exact) mass is 276 g/mol. The van der Waals surface area contributed by atoms with E-state index >= 15 is 0 Å². The van der Waals surface area contributed by atoms with E-state index in [9.17, 15) is 9.90 Å². The van der Waals surface area contributed by atoms with E-state index in [1.54, 1.807) is 6.07 Å². The topological polar surface area (TPSA) is 62.2 Å². The highest BCUT2D eigenvalue weighted by molar-refractivity contribution is 6.34. The molecule has 0 unspecified atom stereocenters. The van der Waals surface area contributed by atoms with Gasteiger partial charge >= 0.3 is 0 Å². The Morgan fingerprint density at radius 3 is 2.84 bits per heavy atom. The predicted molar refractivity (Wildman–Crippen MR) is 73.2 cm³/mol. The Labute approximate surface area is 115 Å². The van der Waals surface area contributed by atoms with Crippen LogP contribution in [0.2, 0.25) is 5.15 Å². The quantitative estimate of drug-likeness (QED) is 0.826. The van der Waals surface area contributed by atoms with E-state index in [1.165, 1.54) is 0 Å². The lowest BCUT2D eigenvalue weighted by atomic mass is 9.89. The van der Waals surface area contributed by atoms with Gasteiger partial charge in [-0.3, -0.25) is 4.79 Å². The van der Waals surface area contributed by atoms with Crippen LogP contribution in [-0.2, 0) is 0 Å². The molecule has 2 aromatic rings. The maximum atomic E-state index is 12.0. The summed E-state index contributed by atoms with van der Waals surface area (Å²) in [5.41, 5.74) is 0.310. The molecule has 0 atom stereocenters. The van der Waals surface area contributed by atoms with Crippen molar-refractivity contribution in [3.63, 3.8) is 0 Å². The molecule has 3 rings (SSSR count). The number of hydrogen-bond acceptors (Lipinski definition) is 3. The Balaban J connectivity index is 1.86. The lowest BCUT2D eigenvalue weighted by Gasteiger charge is -2.31. The molecule has 1 aliphatic carbocycles. The molecule has 1 heterocycles. The molecule has 1 aliphatic rings. The number of hydrogen-bond donors (Lipinski definition) is 2. The molecule has 2 N–H and O–H groups in total. The first kappa shape index (κ1) is 12.4. The summed E-state index contributed by atoms with van der Waals surface area (Å²) in [6.07, 6.45) is 0.915. The highest BCUT2D eigenvalue weighted by atomic mass is 35.5. The number of carbonyl (C=O) groups is 1. The molecule has 0 bridgehead atoms. The van der Waals surface area contributed by atoms with Crippen LogP contribution in [0.3, 0.4) is 0 Å². The van der Waals surface area contributed by atoms with Crippen LogP contribution in [0.4, 0.5) is 0 Å². The molecule has 19 heavy (non-hydrogen) atoms. The average Bonchev–Trinajstić information content (AvgIpc) is 2.37. The summed E-state index contributed by atoms with van der Waals surface area (Å²) >= 11 is 6.08. The largest absolute Gasteiger partial charge is 0.393 e. The summed E-state index contributed by atoms with van der Waals surface area (Å²) in [6.45, 7) is 0. The number of amides is 1. The Kier molecular flexibility index (Phi) is 3.12. The number of benzene rings is 1. The smallest absolute Gasteiger partial charge is 0.270 e. The molecule has 0 saturated heterocycles. The third-order valence-corrected chi connectivity index (χ3v) is 3.66. The third kappa shape index (κ3) is 2.41. The van der Waals surface area contributed by atoms with Gasteiger partial charge in [-0.1, -0.05) is 35.9 Å². The van der Waals surface area contributed by atoms with E-state index in [0.717, 1.165) is 10.8 Å². The van der Waals surface area contributed by atoms with Crippen molar-refractivity contribution >= 4 is 28.3 Å². The molecule has 1 fully saturated rings. The van der Waals surface area contributed by atoms with Crippen LogP contribution < -0.4 is 5.32 Å². The van der Waals surface area contributed by atoms with Crippen molar-refractivity contribution in [2.45, 2.75) is 25.0 Å². The molecule has 98 valence electrons. The van der Waals surface area contributed by atoms with Gasteiger partial charge in [0.1, 0.15) is 10.8 Å². The molecule has 1 aromatic heterocycles. The summed E-state index contributed by atoms with van der Waals surface area (Å²) < 4.78 is 0. The molecular weight excluding hydrogens is 264 g/mol. The zero-order valence-corrected chi connectivity index (χ0v) is 10.9. The van der Waals surface area contributed by atoms with E-state index in [4.69, 9.17) is 11.6 Å². The minimum Gasteiger partial charge on any atom is -0.393 e. The molecule has 1 aromatic carbocycles. The highest BCUT2D eigenvalue weighted by Crippen LogP contribution is 2.23. The van der Waals surface area contributed by atoms with Crippen molar-refractivity contribution in [3.05, 3.63) is 41.2 Å². The van der Waals surface area contributed by atoms with Crippen molar-refractivity contribution in [3.8, 4) is 0 Å². The second kappa shape index (κ2) is 4.79. The first-order valence-electron chi connectivity index (χ1n) is 6.17. The number of rotatable bonds is 2. The molecule has 0 aliphatic heterocycles. The number of halogens is 1. The number of nitrogens with zero attached hydrogens (tertiary/aromatic N) is 1. The minimum absolute atomic E-state index is 0.0366. The van der Waals surface area contributed by atoms with Gasteiger partial charge in [-0.15, -0.1) is 0 Å². The molecule has 0 radical (unpaired) electrons. The molecule has 4 nitrogen and oxygen atoms in total. The van der Waals surface area contributed by atoms with Crippen LogP contribution in [0.1, 0.15) is 23.3 Å². The van der Waals surface area contributed by atoms with Crippen molar-refractivity contribution in [1.82, 2.24) is 10.3 Å². The third-order valence-electron chi connectivity index (χ3n) is 3.37. The Morgan fingerprint density at radius 1 is 1.37 bits per heavy atom. The normalized spacial score (nSPS) is 22.0. The van der Waals surface area contributed by atoms with Gasteiger partial charge in [0, 0.05) is 11.4 Å². The van der Waals surface area contributed by atoms with Crippen LogP contribution in [0, 0.1) is 0 Å². The van der Waals surface area contributed by atoms with E-state index in [2.05, 4.69) is 10.3 Å². The number of carbonyl (C=O) groups excluding carboxylic acids is 1. The van der Waals surface area contributed by atoms with Gasteiger partial charge in [0.05, 0.1) is 6.10 Å². The zero-order chi connectivity index (χ0) is 13.4. The Bertz CT molecular complexity index is 638.